The maximum absolute atomic E-state index is 12.2. The molecule has 1 amide bonds. The highest BCUT2D eigenvalue weighted by Gasteiger charge is 2.29. The van der Waals surface area contributed by atoms with E-state index in [1.165, 1.54) is 18.5 Å². The molecule has 0 aliphatic carbocycles. The summed E-state index contributed by atoms with van der Waals surface area (Å²) in [6, 6.07) is 12.1. The van der Waals surface area contributed by atoms with Gasteiger partial charge in [0.2, 0.25) is 11.6 Å². The van der Waals surface area contributed by atoms with Gasteiger partial charge in [0.05, 0.1) is 9.95 Å². The van der Waals surface area contributed by atoms with Gasteiger partial charge in [0.25, 0.3) is 5.91 Å². The minimum atomic E-state index is -0.606. The van der Waals surface area contributed by atoms with E-state index in [0.29, 0.717) is 36.2 Å². The Morgan fingerprint density at radius 3 is 2.44 bits per heavy atom. The van der Waals surface area contributed by atoms with Crippen LogP contribution in [0, 0.1) is 10.1 Å². The van der Waals surface area contributed by atoms with E-state index < -0.39 is 17.4 Å². The number of nitrogens with one attached hydrogen (secondary N) is 2. The molecule has 3 aromatic rings. The summed E-state index contributed by atoms with van der Waals surface area (Å²) in [5.74, 6) is -0.337. The molecule has 0 bridgehead atoms. The molecule has 4 rings (SSSR count). The molecule has 2 heterocycles. The summed E-state index contributed by atoms with van der Waals surface area (Å²) in [6.07, 6.45) is 1.20. The predicted molar refractivity (Wildman–Crippen MR) is 138 cm³/mol. The van der Waals surface area contributed by atoms with E-state index in [1.807, 2.05) is 18.2 Å². The molecule has 2 N–H and O–H groups in total. The Bertz CT molecular complexity index is 1270. The standard InChI is InChI=1S/C22H20Cl3N7O4/c23-14-2-1-3-16(10-14)30-6-8-31(9-7-30)22-20(32(34)35)21(26-13-27-22)29-28-19(33)12-36-18-5-4-15(24)11-17(18)25/h1-5,10-11,13H,6-9,12H2,(H,28,33)(H,26,27,29). The Balaban J connectivity index is 1.39. The van der Waals surface area contributed by atoms with Gasteiger partial charge in [-0.1, -0.05) is 40.9 Å². The van der Waals surface area contributed by atoms with E-state index in [0.717, 1.165) is 5.69 Å². The molecule has 1 aliphatic rings. The number of benzene rings is 2. The van der Waals surface area contributed by atoms with Gasteiger partial charge in [-0.3, -0.25) is 25.8 Å². The first-order valence-corrected chi connectivity index (χ1v) is 11.8. The van der Waals surface area contributed by atoms with Gasteiger partial charge in [-0.2, -0.15) is 0 Å². The van der Waals surface area contributed by atoms with E-state index in [9.17, 15) is 14.9 Å². The number of nitrogens with zero attached hydrogens (tertiary/aromatic N) is 5. The molecule has 2 aromatic carbocycles. The van der Waals surface area contributed by atoms with E-state index in [-0.39, 0.29) is 28.1 Å². The van der Waals surface area contributed by atoms with Crippen LogP contribution in [0.5, 0.6) is 5.75 Å². The van der Waals surface area contributed by atoms with Crippen LogP contribution in [0.15, 0.2) is 48.8 Å². The van der Waals surface area contributed by atoms with Crippen LogP contribution in [-0.2, 0) is 4.79 Å². The van der Waals surface area contributed by atoms with Crippen molar-refractivity contribution in [2.24, 2.45) is 0 Å². The van der Waals surface area contributed by atoms with Crippen LogP contribution in [0.3, 0.4) is 0 Å². The molecule has 0 unspecified atom stereocenters. The first-order chi connectivity index (χ1) is 17.3. The van der Waals surface area contributed by atoms with Crippen LogP contribution in [-0.4, -0.2) is 53.6 Å². The minimum absolute atomic E-state index is 0.153. The number of aromatic nitrogens is 2. The van der Waals surface area contributed by atoms with Crippen LogP contribution >= 0.6 is 34.8 Å². The van der Waals surface area contributed by atoms with Gasteiger partial charge in [0.1, 0.15) is 12.1 Å². The van der Waals surface area contributed by atoms with Gasteiger partial charge in [0, 0.05) is 41.9 Å². The summed E-state index contributed by atoms with van der Waals surface area (Å²) >= 11 is 18.0. The number of carbonyl (C=O) groups excluding carboxylic acids is 1. The third-order valence-electron chi connectivity index (χ3n) is 5.31. The van der Waals surface area contributed by atoms with Gasteiger partial charge in [-0.25, -0.2) is 9.97 Å². The fourth-order valence-corrected chi connectivity index (χ4v) is 4.26. The lowest BCUT2D eigenvalue weighted by molar-refractivity contribution is -0.383. The van der Waals surface area contributed by atoms with Crippen molar-refractivity contribution in [3.05, 3.63) is 74.0 Å². The van der Waals surface area contributed by atoms with Gasteiger partial charge in [-0.05, 0) is 36.4 Å². The van der Waals surface area contributed by atoms with Crippen molar-refractivity contribution in [1.29, 1.82) is 0 Å². The number of hydrazine groups is 1. The number of halogens is 3. The van der Waals surface area contributed by atoms with Crippen molar-refractivity contribution in [2.45, 2.75) is 0 Å². The molecule has 1 fully saturated rings. The third kappa shape index (κ3) is 6.17. The Kier molecular flexibility index (Phi) is 8.14. The van der Waals surface area contributed by atoms with Crippen molar-refractivity contribution >= 4 is 63.7 Å². The highest BCUT2D eigenvalue weighted by Crippen LogP contribution is 2.33. The molecular formula is C22H20Cl3N7O4. The molecular weight excluding hydrogens is 533 g/mol. The summed E-state index contributed by atoms with van der Waals surface area (Å²) in [4.78, 5) is 35.6. The summed E-state index contributed by atoms with van der Waals surface area (Å²) in [7, 11) is 0. The van der Waals surface area contributed by atoms with Crippen LogP contribution in [0.1, 0.15) is 0 Å². The van der Waals surface area contributed by atoms with Crippen molar-refractivity contribution in [1.82, 2.24) is 15.4 Å². The molecule has 0 atom stereocenters. The van der Waals surface area contributed by atoms with Gasteiger partial charge in [-0.15, -0.1) is 0 Å². The Labute approximate surface area is 221 Å². The number of anilines is 3. The Morgan fingerprint density at radius 1 is 1.03 bits per heavy atom. The van der Waals surface area contributed by atoms with Gasteiger partial charge >= 0.3 is 5.69 Å². The minimum Gasteiger partial charge on any atom is -0.482 e. The zero-order valence-corrected chi connectivity index (χ0v) is 20.9. The molecule has 188 valence electrons. The number of hydrogen-bond donors (Lipinski definition) is 2. The second kappa shape index (κ2) is 11.5. The lowest BCUT2D eigenvalue weighted by Gasteiger charge is -2.36. The van der Waals surface area contributed by atoms with Crippen molar-refractivity contribution in [2.75, 3.05) is 48.0 Å². The number of rotatable bonds is 8. The molecule has 11 nitrogen and oxygen atoms in total. The first-order valence-electron chi connectivity index (χ1n) is 10.7. The van der Waals surface area contributed by atoms with Crippen molar-refractivity contribution in [3.8, 4) is 5.75 Å². The molecule has 1 aliphatic heterocycles. The lowest BCUT2D eigenvalue weighted by Crippen LogP contribution is -2.47. The first kappa shape index (κ1) is 25.5. The van der Waals surface area contributed by atoms with Crippen molar-refractivity contribution in [3.63, 3.8) is 0 Å². The zero-order chi connectivity index (χ0) is 25.7. The number of hydrogen-bond acceptors (Lipinski definition) is 9. The number of ether oxygens (including phenoxy) is 1. The zero-order valence-electron chi connectivity index (χ0n) is 18.7. The quantitative estimate of drug-likeness (QED) is 0.312. The van der Waals surface area contributed by atoms with E-state index >= 15 is 0 Å². The molecule has 0 saturated carbocycles. The topological polar surface area (TPSA) is 126 Å². The fraction of sp³-hybridized carbons (Fsp3) is 0.227. The number of nitro groups is 1. The monoisotopic (exact) mass is 551 g/mol. The van der Waals surface area contributed by atoms with Gasteiger partial charge < -0.3 is 14.5 Å². The summed E-state index contributed by atoms with van der Waals surface area (Å²) in [6.45, 7) is 1.82. The smallest absolute Gasteiger partial charge is 0.355 e. The summed E-state index contributed by atoms with van der Waals surface area (Å²) < 4.78 is 5.36. The molecule has 0 spiro atoms. The molecule has 36 heavy (non-hydrogen) atoms. The van der Waals surface area contributed by atoms with Crippen molar-refractivity contribution < 1.29 is 14.5 Å². The number of piperazine rings is 1. The highest BCUT2D eigenvalue weighted by atomic mass is 35.5. The predicted octanol–water partition coefficient (Wildman–Crippen LogP) is 4.19. The molecule has 1 aromatic heterocycles. The van der Waals surface area contributed by atoms with Gasteiger partial charge in [0.15, 0.2) is 6.61 Å². The molecule has 14 heteroatoms. The van der Waals surface area contributed by atoms with Crippen LogP contribution < -0.4 is 25.4 Å². The Morgan fingerprint density at radius 2 is 1.75 bits per heavy atom. The second-order valence-corrected chi connectivity index (χ2v) is 8.92. The molecule has 0 radical (unpaired) electrons. The third-order valence-corrected chi connectivity index (χ3v) is 6.08. The lowest BCUT2D eigenvalue weighted by atomic mass is 10.2. The maximum Gasteiger partial charge on any atom is 0.355 e. The number of carbonyl (C=O) groups is 1. The molecule has 1 saturated heterocycles. The average Bonchev–Trinajstić information content (AvgIpc) is 2.86. The Hall–Kier alpha value is -3.54. The highest BCUT2D eigenvalue weighted by molar-refractivity contribution is 6.35. The van der Waals surface area contributed by atoms with E-state index in [2.05, 4.69) is 25.7 Å². The maximum atomic E-state index is 12.2. The summed E-state index contributed by atoms with van der Waals surface area (Å²) in [5.41, 5.74) is 5.47. The summed E-state index contributed by atoms with van der Waals surface area (Å²) in [5, 5.41) is 13.2. The van der Waals surface area contributed by atoms with E-state index in [4.69, 9.17) is 39.5 Å². The van der Waals surface area contributed by atoms with Crippen LogP contribution in [0.4, 0.5) is 23.0 Å². The SMILES string of the molecule is O=C(COc1ccc(Cl)cc1Cl)NNc1ncnc(N2CCN(c3cccc(Cl)c3)CC2)c1[N+](=O)[O-]. The largest absolute Gasteiger partial charge is 0.482 e. The normalized spacial score (nSPS) is 13.3. The fourth-order valence-electron chi connectivity index (χ4n) is 3.61. The number of amides is 1. The average molecular weight is 553 g/mol. The van der Waals surface area contributed by atoms with E-state index in [1.54, 1.807) is 17.0 Å². The van der Waals surface area contributed by atoms with Crippen LogP contribution in [0.2, 0.25) is 15.1 Å². The second-order valence-electron chi connectivity index (χ2n) is 7.64. The van der Waals surface area contributed by atoms with Crippen LogP contribution in [0.25, 0.3) is 0 Å².